The van der Waals surface area contributed by atoms with Gasteiger partial charge in [-0.2, -0.15) is 5.26 Å². The summed E-state index contributed by atoms with van der Waals surface area (Å²) < 4.78 is 0. The molecule has 0 aromatic rings. The highest BCUT2D eigenvalue weighted by Crippen LogP contribution is 2.26. The molecule has 0 fully saturated rings. The van der Waals surface area contributed by atoms with Crippen molar-refractivity contribution >= 4 is 17.5 Å². The molecular weight excluding hydrogens is 294 g/mol. The quantitative estimate of drug-likeness (QED) is 0.267. The van der Waals surface area contributed by atoms with Crippen molar-refractivity contribution in [3.05, 3.63) is 58.7 Å². The Kier molecular flexibility index (Phi) is 6.63. The van der Waals surface area contributed by atoms with Crippen molar-refractivity contribution in [1.82, 2.24) is 0 Å². The van der Waals surface area contributed by atoms with Crippen molar-refractivity contribution in [2.75, 3.05) is 0 Å². The molecule has 0 atom stereocenters. The summed E-state index contributed by atoms with van der Waals surface area (Å²) in [4.78, 5) is 34.0. The Morgan fingerprint density at radius 3 is 2.57 bits per heavy atom. The summed E-state index contributed by atoms with van der Waals surface area (Å²) in [7, 11) is 0. The zero-order valence-corrected chi connectivity index (χ0v) is 13.0. The maximum atomic E-state index is 11.8. The van der Waals surface area contributed by atoms with Crippen LogP contribution in [0.4, 0.5) is 0 Å². The molecule has 0 aliphatic heterocycles. The molecule has 0 aromatic carbocycles. The Hall–Kier alpha value is -3.00. The minimum atomic E-state index is -1.29. The van der Waals surface area contributed by atoms with Crippen LogP contribution in [0.3, 0.4) is 0 Å². The van der Waals surface area contributed by atoms with E-state index in [1.807, 2.05) is 6.92 Å². The van der Waals surface area contributed by atoms with Crippen LogP contribution in [0.15, 0.2) is 58.7 Å². The van der Waals surface area contributed by atoms with Crippen LogP contribution in [0.1, 0.15) is 26.7 Å². The van der Waals surface area contributed by atoms with E-state index < -0.39 is 17.5 Å². The third-order valence-electron chi connectivity index (χ3n) is 3.24. The minimum absolute atomic E-state index is 0.366. The molecule has 1 rings (SSSR count). The molecule has 5 nitrogen and oxygen atoms in total. The molecule has 1 N–H and O–H groups in total. The maximum absolute atomic E-state index is 11.8. The van der Waals surface area contributed by atoms with Gasteiger partial charge < -0.3 is 5.11 Å². The zero-order chi connectivity index (χ0) is 17.4. The van der Waals surface area contributed by atoms with E-state index in [0.717, 1.165) is 12.0 Å². The minimum Gasteiger partial charge on any atom is -0.477 e. The van der Waals surface area contributed by atoms with Crippen molar-refractivity contribution in [3.8, 4) is 6.07 Å². The van der Waals surface area contributed by atoms with Gasteiger partial charge in [0.1, 0.15) is 11.6 Å². The van der Waals surface area contributed by atoms with Crippen molar-refractivity contribution < 1.29 is 19.5 Å². The molecule has 0 amide bonds. The molecule has 5 heteroatoms. The summed E-state index contributed by atoms with van der Waals surface area (Å²) in [5.74, 6) is -2.29. The predicted octanol–water partition coefficient (Wildman–Crippen LogP) is 2.83. The first-order valence-electron chi connectivity index (χ1n) is 7.11. The molecule has 23 heavy (non-hydrogen) atoms. The van der Waals surface area contributed by atoms with Crippen LogP contribution in [0, 0.1) is 11.3 Å². The van der Waals surface area contributed by atoms with Gasteiger partial charge in [0.2, 0.25) is 11.6 Å². The van der Waals surface area contributed by atoms with Crippen LogP contribution in [0.2, 0.25) is 0 Å². The highest BCUT2D eigenvalue weighted by molar-refractivity contribution is 6.48. The Balaban J connectivity index is 2.99. The molecule has 0 heterocycles. The topological polar surface area (TPSA) is 95.2 Å². The predicted molar refractivity (Wildman–Crippen MR) is 85.3 cm³/mol. The molecule has 0 radical (unpaired) electrons. The van der Waals surface area contributed by atoms with E-state index in [9.17, 15) is 14.4 Å². The van der Waals surface area contributed by atoms with Crippen molar-refractivity contribution in [2.24, 2.45) is 0 Å². The fourth-order valence-corrected chi connectivity index (χ4v) is 2.08. The van der Waals surface area contributed by atoms with Gasteiger partial charge >= 0.3 is 5.97 Å². The summed E-state index contributed by atoms with van der Waals surface area (Å²) in [5.41, 5.74) is 1.57. The van der Waals surface area contributed by atoms with Gasteiger partial charge in [-0.05, 0) is 36.6 Å². The largest absolute Gasteiger partial charge is 0.477 e. The molecule has 0 bridgehead atoms. The number of carboxylic acids is 1. The fraction of sp³-hybridized carbons (Fsp3) is 0.222. The van der Waals surface area contributed by atoms with Crippen LogP contribution in [0.5, 0.6) is 0 Å². The molecule has 0 saturated heterocycles. The number of aliphatic carboxylic acids is 1. The highest BCUT2D eigenvalue weighted by Gasteiger charge is 2.23. The van der Waals surface area contributed by atoms with Crippen molar-refractivity contribution in [2.45, 2.75) is 26.7 Å². The van der Waals surface area contributed by atoms with Crippen LogP contribution in [-0.2, 0) is 14.4 Å². The number of hydrogen-bond donors (Lipinski definition) is 1. The van der Waals surface area contributed by atoms with E-state index in [1.54, 1.807) is 31.2 Å². The second-order valence-corrected chi connectivity index (χ2v) is 4.89. The first-order chi connectivity index (χ1) is 10.9. The van der Waals surface area contributed by atoms with E-state index in [1.165, 1.54) is 18.2 Å². The Morgan fingerprint density at radius 2 is 2.00 bits per heavy atom. The maximum Gasteiger partial charge on any atom is 0.346 e. The molecule has 0 saturated carbocycles. The fourth-order valence-electron chi connectivity index (χ4n) is 2.08. The van der Waals surface area contributed by atoms with E-state index in [0.29, 0.717) is 17.6 Å². The van der Waals surface area contributed by atoms with Gasteiger partial charge in [-0.3, -0.25) is 9.59 Å². The molecule has 0 unspecified atom stereocenters. The van der Waals surface area contributed by atoms with Gasteiger partial charge in [0.05, 0.1) is 0 Å². The average Bonchev–Trinajstić information content (AvgIpc) is 2.51. The van der Waals surface area contributed by atoms with Gasteiger partial charge in [-0.1, -0.05) is 37.6 Å². The molecule has 118 valence electrons. The lowest BCUT2D eigenvalue weighted by atomic mass is 9.87. The second-order valence-electron chi connectivity index (χ2n) is 4.89. The average molecular weight is 311 g/mol. The van der Waals surface area contributed by atoms with Crippen molar-refractivity contribution in [3.63, 3.8) is 0 Å². The molecule has 0 aromatic heterocycles. The normalized spacial score (nSPS) is 16.2. The van der Waals surface area contributed by atoms with Crippen LogP contribution in [-0.4, -0.2) is 22.6 Å². The summed E-state index contributed by atoms with van der Waals surface area (Å²) >= 11 is 0. The third kappa shape index (κ3) is 4.75. The van der Waals surface area contributed by atoms with E-state index in [-0.39, 0.29) is 5.57 Å². The summed E-state index contributed by atoms with van der Waals surface area (Å²) in [6.45, 7) is 3.60. The van der Waals surface area contributed by atoms with E-state index >= 15 is 0 Å². The van der Waals surface area contributed by atoms with Gasteiger partial charge in [-0.15, -0.1) is 0 Å². The molecular formula is C18H17NO4. The number of carbonyl (C=O) groups is 3. The number of carbonyl (C=O) groups excluding carboxylic acids is 2. The van der Waals surface area contributed by atoms with Gasteiger partial charge in [-0.25, -0.2) is 4.79 Å². The van der Waals surface area contributed by atoms with Gasteiger partial charge in [0.25, 0.3) is 0 Å². The number of rotatable bonds is 6. The lowest BCUT2D eigenvalue weighted by molar-refractivity contribution is -0.132. The lowest BCUT2D eigenvalue weighted by Crippen LogP contribution is -2.19. The number of ketones is 2. The Bertz CT molecular complexity index is 725. The lowest BCUT2D eigenvalue weighted by Gasteiger charge is -2.15. The number of nitrogens with zero attached hydrogens (tertiary/aromatic N) is 1. The van der Waals surface area contributed by atoms with Crippen LogP contribution in [0.25, 0.3) is 0 Å². The summed E-state index contributed by atoms with van der Waals surface area (Å²) in [6.07, 6.45) is 10.4. The number of Topliss-reactive ketones (excluding diaryl/α,β-unsaturated/α-hetero) is 1. The summed E-state index contributed by atoms with van der Waals surface area (Å²) in [6, 6.07) is 1.57. The second kappa shape index (κ2) is 8.44. The van der Waals surface area contributed by atoms with Crippen LogP contribution < -0.4 is 0 Å². The SMILES string of the molecule is CCCC1=CC(=O)C(=O)C(C)=C1C=CC=CC=C(C#N)C(=O)O. The first-order valence-corrected chi connectivity index (χ1v) is 7.11. The molecule has 0 spiro atoms. The number of nitriles is 1. The molecule has 1 aliphatic rings. The third-order valence-corrected chi connectivity index (χ3v) is 3.24. The number of hydrogen-bond acceptors (Lipinski definition) is 4. The van der Waals surface area contributed by atoms with Crippen molar-refractivity contribution in [1.29, 1.82) is 5.26 Å². The highest BCUT2D eigenvalue weighted by atomic mass is 16.4. The van der Waals surface area contributed by atoms with Crippen LogP contribution >= 0.6 is 0 Å². The van der Waals surface area contributed by atoms with Gasteiger partial charge in [0.15, 0.2) is 0 Å². The Morgan fingerprint density at radius 1 is 1.30 bits per heavy atom. The zero-order valence-electron chi connectivity index (χ0n) is 13.0. The monoisotopic (exact) mass is 311 g/mol. The standard InChI is InChI=1S/C18H17NO4/c1-3-7-13-10-16(20)17(21)12(2)15(13)9-6-4-5-8-14(11-19)18(22)23/h4-6,8-10H,3,7H2,1-2H3,(H,22,23). The van der Waals surface area contributed by atoms with E-state index in [4.69, 9.17) is 10.4 Å². The summed E-state index contributed by atoms with van der Waals surface area (Å²) in [5, 5.41) is 17.3. The van der Waals surface area contributed by atoms with Gasteiger partial charge in [0, 0.05) is 5.57 Å². The number of carboxylic acid groups (broad SMARTS) is 1. The number of allylic oxidation sites excluding steroid dienone is 9. The van der Waals surface area contributed by atoms with E-state index in [2.05, 4.69) is 0 Å². The smallest absolute Gasteiger partial charge is 0.346 e. The first kappa shape index (κ1) is 18.1. The Labute approximate surface area is 134 Å². The molecule has 1 aliphatic carbocycles.